The van der Waals surface area contributed by atoms with Crippen LogP contribution in [0.15, 0.2) is 6.33 Å². The highest BCUT2D eigenvalue weighted by Gasteiger charge is 2.33. The minimum atomic E-state index is -0.575. The van der Waals surface area contributed by atoms with Crippen molar-refractivity contribution in [2.75, 3.05) is 11.9 Å². The number of carbonyl (C=O) groups excluding carboxylic acids is 2. The number of carbonyl (C=O) groups is 2. The lowest BCUT2D eigenvalue weighted by molar-refractivity contribution is -0.126. The van der Waals surface area contributed by atoms with Crippen LogP contribution in [0.3, 0.4) is 0 Å². The van der Waals surface area contributed by atoms with Crippen LogP contribution >= 0.6 is 0 Å². The molecule has 0 aromatic carbocycles. The molecule has 1 aromatic heterocycles. The molecule has 1 atom stereocenters. The molecule has 2 heterocycles. The van der Waals surface area contributed by atoms with E-state index in [0.717, 1.165) is 0 Å². The van der Waals surface area contributed by atoms with Crippen LogP contribution in [0.5, 0.6) is 0 Å². The maximum Gasteiger partial charge on any atom is 0.252 e. The van der Waals surface area contributed by atoms with E-state index in [0.29, 0.717) is 12.5 Å². The van der Waals surface area contributed by atoms with Crippen LogP contribution in [0.2, 0.25) is 0 Å². The second-order valence-electron chi connectivity index (χ2n) is 3.19. The van der Waals surface area contributed by atoms with Crippen LogP contribution in [-0.2, 0) is 9.59 Å². The van der Waals surface area contributed by atoms with Crippen LogP contribution in [0.4, 0.5) is 5.95 Å². The summed E-state index contributed by atoms with van der Waals surface area (Å²) < 4.78 is 1.43. The average molecular weight is 209 g/mol. The van der Waals surface area contributed by atoms with E-state index >= 15 is 0 Å². The van der Waals surface area contributed by atoms with Crippen molar-refractivity contribution in [2.24, 2.45) is 0 Å². The highest BCUT2D eigenvalue weighted by atomic mass is 16.2. The zero-order chi connectivity index (χ0) is 10.8. The molecule has 15 heavy (non-hydrogen) atoms. The van der Waals surface area contributed by atoms with Crippen molar-refractivity contribution < 1.29 is 9.59 Å². The molecule has 0 aliphatic carbocycles. The van der Waals surface area contributed by atoms with Gasteiger partial charge in [0.25, 0.3) is 5.91 Å². The normalized spacial score (nSPS) is 18.5. The maximum absolute atomic E-state index is 11.4. The molecule has 1 aromatic rings. The van der Waals surface area contributed by atoms with Crippen LogP contribution < -0.4 is 10.6 Å². The molecule has 0 fully saturated rings. The lowest BCUT2D eigenvalue weighted by Crippen LogP contribution is -2.28. The summed E-state index contributed by atoms with van der Waals surface area (Å²) in [4.78, 5) is 26.6. The standard InChI is InChI=1S/C8H11N5O2/c1-2-9-6(14)3-5-7(15)12-8-10-4-11-13(5)8/h4-5H,2-3H2,1H3,(H,9,14)(H,10,11,12,15)/t5-/m0/s1. The number of hydrogen-bond donors (Lipinski definition) is 2. The van der Waals surface area contributed by atoms with E-state index in [1.807, 2.05) is 6.92 Å². The summed E-state index contributed by atoms with van der Waals surface area (Å²) in [6.07, 6.45) is 1.44. The summed E-state index contributed by atoms with van der Waals surface area (Å²) in [6.45, 7) is 2.38. The highest BCUT2D eigenvalue weighted by Crippen LogP contribution is 2.23. The molecular weight excluding hydrogens is 198 g/mol. The Morgan fingerprint density at radius 2 is 2.53 bits per heavy atom. The molecule has 80 valence electrons. The number of nitrogens with one attached hydrogen (secondary N) is 2. The fourth-order valence-electron chi connectivity index (χ4n) is 1.50. The molecule has 0 saturated carbocycles. The van der Waals surface area contributed by atoms with Crippen molar-refractivity contribution in [1.29, 1.82) is 0 Å². The molecule has 1 aliphatic heterocycles. The first kappa shape index (κ1) is 9.63. The van der Waals surface area contributed by atoms with Crippen LogP contribution in [0.25, 0.3) is 0 Å². The Hall–Kier alpha value is -1.92. The molecule has 0 unspecified atom stereocenters. The number of nitrogens with zero attached hydrogens (tertiary/aromatic N) is 3. The third-order valence-electron chi connectivity index (χ3n) is 2.16. The van der Waals surface area contributed by atoms with Crippen molar-refractivity contribution >= 4 is 17.8 Å². The summed E-state index contributed by atoms with van der Waals surface area (Å²) in [5, 5.41) is 9.06. The van der Waals surface area contributed by atoms with E-state index in [2.05, 4.69) is 20.7 Å². The van der Waals surface area contributed by atoms with Crippen LogP contribution in [0.1, 0.15) is 19.4 Å². The monoisotopic (exact) mass is 209 g/mol. The summed E-state index contributed by atoms with van der Waals surface area (Å²) >= 11 is 0. The topological polar surface area (TPSA) is 88.9 Å². The van der Waals surface area contributed by atoms with Crippen molar-refractivity contribution in [3.63, 3.8) is 0 Å². The van der Waals surface area contributed by atoms with Gasteiger partial charge in [-0.1, -0.05) is 0 Å². The molecular formula is C8H11N5O2. The van der Waals surface area contributed by atoms with Gasteiger partial charge in [0.2, 0.25) is 11.9 Å². The molecule has 0 saturated heterocycles. The lowest BCUT2D eigenvalue weighted by atomic mass is 10.2. The predicted molar refractivity (Wildman–Crippen MR) is 51.0 cm³/mol. The van der Waals surface area contributed by atoms with Gasteiger partial charge >= 0.3 is 0 Å². The van der Waals surface area contributed by atoms with Crippen molar-refractivity contribution in [3.8, 4) is 0 Å². The van der Waals surface area contributed by atoms with Gasteiger partial charge in [-0.3, -0.25) is 14.9 Å². The zero-order valence-corrected chi connectivity index (χ0v) is 8.23. The van der Waals surface area contributed by atoms with Gasteiger partial charge in [-0.15, -0.1) is 0 Å². The molecule has 7 nitrogen and oxygen atoms in total. The Kier molecular flexibility index (Phi) is 2.36. The number of aromatic nitrogens is 3. The molecule has 2 amide bonds. The first-order valence-electron chi connectivity index (χ1n) is 4.69. The van der Waals surface area contributed by atoms with Gasteiger partial charge in [0.15, 0.2) is 0 Å². The Labute approximate surface area is 85.9 Å². The second kappa shape index (κ2) is 3.68. The number of anilines is 1. The molecule has 2 N–H and O–H groups in total. The van der Waals surface area contributed by atoms with Crippen molar-refractivity contribution in [3.05, 3.63) is 6.33 Å². The third kappa shape index (κ3) is 1.67. The maximum atomic E-state index is 11.4. The van der Waals surface area contributed by atoms with Gasteiger partial charge < -0.3 is 5.32 Å². The van der Waals surface area contributed by atoms with Crippen molar-refractivity contribution in [1.82, 2.24) is 20.1 Å². The third-order valence-corrected chi connectivity index (χ3v) is 2.16. The highest BCUT2D eigenvalue weighted by molar-refractivity contribution is 5.98. The van der Waals surface area contributed by atoms with Crippen molar-refractivity contribution in [2.45, 2.75) is 19.4 Å². The zero-order valence-electron chi connectivity index (χ0n) is 8.23. The van der Waals surface area contributed by atoms with E-state index in [4.69, 9.17) is 0 Å². The fraction of sp³-hybridized carbons (Fsp3) is 0.500. The summed E-state index contributed by atoms with van der Waals surface area (Å²) in [7, 11) is 0. The first-order chi connectivity index (χ1) is 7.22. The number of fused-ring (bicyclic) bond motifs is 1. The molecule has 2 rings (SSSR count). The van der Waals surface area contributed by atoms with Crippen LogP contribution in [0, 0.1) is 0 Å². The smallest absolute Gasteiger partial charge is 0.252 e. The second-order valence-corrected chi connectivity index (χ2v) is 3.19. The average Bonchev–Trinajstić information content (AvgIpc) is 2.71. The van der Waals surface area contributed by atoms with E-state index < -0.39 is 6.04 Å². The SMILES string of the molecule is CCNC(=O)C[C@H]1C(=O)Nc2ncnn21. The molecule has 0 radical (unpaired) electrons. The lowest BCUT2D eigenvalue weighted by Gasteiger charge is -2.07. The summed E-state index contributed by atoms with van der Waals surface area (Å²) in [6, 6.07) is -0.575. The minimum Gasteiger partial charge on any atom is -0.356 e. The van der Waals surface area contributed by atoms with Gasteiger partial charge in [-0.2, -0.15) is 10.1 Å². The largest absolute Gasteiger partial charge is 0.356 e. The van der Waals surface area contributed by atoms with E-state index in [1.165, 1.54) is 11.0 Å². The Balaban J connectivity index is 2.10. The first-order valence-corrected chi connectivity index (χ1v) is 4.69. The molecule has 1 aliphatic rings. The molecule has 0 spiro atoms. The van der Waals surface area contributed by atoms with Gasteiger partial charge in [0, 0.05) is 6.54 Å². The number of rotatable bonds is 3. The molecule has 7 heteroatoms. The quantitative estimate of drug-likeness (QED) is 0.688. The number of hydrogen-bond acceptors (Lipinski definition) is 4. The molecule has 0 bridgehead atoms. The number of amides is 2. The van der Waals surface area contributed by atoms with Gasteiger partial charge in [-0.05, 0) is 6.92 Å². The van der Waals surface area contributed by atoms with Gasteiger partial charge in [0.05, 0.1) is 6.42 Å². The van der Waals surface area contributed by atoms with Gasteiger partial charge in [0.1, 0.15) is 12.4 Å². The summed E-state index contributed by atoms with van der Waals surface area (Å²) in [5.41, 5.74) is 0. The predicted octanol–water partition coefficient (Wildman–Crippen LogP) is -0.703. The Morgan fingerprint density at radius 3 is 3.27 bits per heavy atom. The van der Waals surface area contributed by atoms with E-state index in [-0.39, 0.29) is 18.2 Å². The minimum absolute atomic E-state index is 0.0933. The van der Waals surface area contributed by atoms with Crippen LogP contribution in [-0.4, -0.2) is 33.1 Å². The Morgan fingerprint density at radius 1 is 1.73 bits per heavy atom. The fourth-order valence-corrected chi connectivity index (χ4v) is 1.50. The van der Waals surface area contributed by atoms with Gasteiger partial charge in [-0.25, -0.2) is 4.68 Å². The Bertz CT molecular complexity index is 399. The van der Waals surface area contributed by atoms with E-state index in [1.54, 1.807) is 0 Å². The van der Waals surface area contributed by atoms with E-state index in [9.17, 15) is 9.59 Å². The summed E-state index contributed by atoms with van der Waals surface area (Å²) in [5.74, 6) is -0.00727.